The van der Waals surface area contributed by atoms with Gasteiger partial charge in [-0.15, -0.1) is 6.58 Å². The van der Waals surface area contributed by atoms with Crippen molar-refractivity contribution in [3.63, 3.8) is 0 Å². The highest BCUT2D eigenvalue weighted by molar-refractivity contribution is 9.10. The lowest BCUT2D eigenvalue weighted by Gasteiger charge is -2.47. The molecular weight excluding hydrogens is 490 g/mol. The number of nitrogens with zero attached hydrogens (tertiary/aromatic N) is 1. The van der Waals surface area contributed by atoms with E-state index in [4.69, 9.17) is 18.6 Å². The van der Waals surface area contributed by atoms with E-state index in [9.17, 15) is 4.79 Å². The normalized spacial score (nSPS) is 22.8. The van der Waals surface area contributed by atoms with Crippen LogP contribution in [-0.2, 0) is 18.7 Å². The second-order valence-electron chi connectivity index (χ2n) is 9.99. The third-order valence-corrected chi connectivity index (χ3v) is 12.2. The van der Waals surface area contributed by atoms with Crippen LogP contribution in [-0.4, -0.2) is 45.7 Å². The summed E-state index contributed by atoms with van der Waals surface area (Å²) in [5, 5.41) is 0.0708. The Labute approximate surface area is 202 Å². The van der Waals surface area contributed by atoms with E-state index in [0.717, 1.165) is 22.9 Å². The van der Waals surface area contributed by atoms with Gasteiger partial charge in [-0.25, -0.2) is 0 Å². The SMILES string of the molecule is C=CC1(C(OC(C)=O)c2ncc(Br)c(C)c2OC)CCCOC1CO[Si](C)(C)C(C)(C)C. The molecule has 6 nitrogen and oxygen atoms in total. The van der Waals surface area contributed by atoms with Gasteiger partial charge in [0.1, 0.15) is 11.4 Å². The van der Waals surface area contributed by atoms with Gasteiger partial charge in [-0.1, -0.05) is 26.8 Å². The monoisotopic (exact) mass is 527 g/mol. The largest absolute Gasteiger partial charge is 0.494 e. The van der Waals surface area contributed by atoms with Crippen molar-refractivity contribution in [1.82, 2.24) is 4.98 Å². The summed E-state index contributed by atoms with van der Waals surface area (Å²) in [6, 6.07) is 0. The minimum Gasteiger partial charge on any atom is -0.494 e. The average Bonchev–Trinajstić information content (AvgIpc) is 2.71. The van der Waals surface area contributed by atoms with Crippen molar-refractivity contribution < 1.29 is 23.4 Å². The highest BCUT2D eigenvalue weighted by atomic mass is 79.9. The minimum atomic E-state index is -2.01. The lowest BCUT2D eigenvalue weighted by Crippen LogP contribution is -2.51. The number of carbonyl (C=O) groups is 1. The van der Waals surface area contributed by atoms with E-state index in [2.05, 4.69) is 61.4 Å². The molecule has 3 atom stereocenters. The Morgan fingerprint density at radius 1 is 1.47 bits per heavy atom. The van der Waals surface area contributed by atoms with Gasteiger partial charge in [0.2, 0.25) is 0 Å². The number of rotatable bonds is 8. The summed E-state index contributed by atoms with van der Waals surface area (Å²) < 4.78 is 25.3. The fraction of sp³-hybridized carbons (Fsp3) is 0.667. The summed E-state index contributed by atoms with van der Waals surface area (Å²) in [6.45, 7) is 19.6. The number of pyridine rings is 1. The predicted octanol–water partition coefficient (Wildman–Crippen LogP) is 6.14. The number of ether oxygens (including phenoxy) is 3. The van der Waals surface area contributed by atoms with Gasteiger partial charge < -0.3 is 18.6 Å². The third-order valence-electron chi connectivity index (χ3n) is 6.93. The van der Waals surface area contributed by atoms with Gasteiger partial charge in [0, 0.05) is 29.8 Å². The first-order valence-corrected chi connectivity index (χ1v) is 14.8. The Morgan fingerprint density at radius 2 is 2.12 bits per heavy atom. The lowest BCUT2D eigenvalue weighted by molar-refractivity contribution is -0.172. The van der Waals surface area contributed by atoms with E-state index >= 15 is 0 Å². The molecule has 3 unspecified atom stereocenters. The molecule has 1 aromatic heterocycles. The number of methoxy groups -OCH3 is 1. The van der Waals surface area contributed by atoms with Gasteiger partial charge in [0.05, 0.1) is 25.2 Å². The van der Waals surface area contributed by atoms with Crippen LogP contribution in [0.2, 0.25) is 18.1 Å². The van der Waals surface area contributed by atoms with Crippen LogP contribution in [0.3, 0.4) is 0 Å². The van der Waals surface area contributed by atoms with E-state index in [0.29, 0.717) is 24.7 Å². The first-order chi connectivity index (χ1) is 14.8. The molecule has 180 valence electrons. The van der Waals surface area contributed by atoms with E-state index in [1.807, 2.05) is 13.0 Å². The Balaban J connectivity index is 2.56. The molecule has 0 spiro atoms. The Hall–Kier alpha value is -1.22. The molecular formula is C24H38BrNO5Si. The number of carbonyl (C=O) groups excluding carboxylic acids is 1. The van der Waals surface area contributed by atoms with Gasteiger partial charge in [-0.3, -0.25) is 9.78 Å². The van der Waals surface area contributed by atoms with Gasteiger partial charge in [-0.2, -0.15) is 0 Å². The van der Waals surface area contributed by atoms with Crippen LogP contribution in [0.5, 0.6) is 5.75 Å². The van der Waals surface area contributed by atoms with Crippen LogP contribution in [0, 0.1) is 12.3 Å². The quantitative estimate of drug-likeness (QED) is 0.230. The summed E-state index contributed by atoms with van der Waals surface area (Å²) in [5.74, 6) is 0.191. The van der Waals surface area contributed by atoms with Crippen molar-refractivity contribution in [3.05, 3.63) is 34.6 Å². The molecule has 0 radical (unpaired) electrons. The highest BCUT2D eigenvalue weighted by Gasteiger charge is 2.51. The van der Waals surface area contributed by atoms with Crippen molar-refractivity contribution in [1.29, 1.82) is 0 Å². The fourth-order valence-corrected chi connectivity index (χ4v) is 5.16. The Kier molecular flexibility index (Phi) is 8.75. The maximum atomic E-state index is 12.2. The van der Waals surface area contributed by atoms with Crippen LogP contribution < -0.4 is 4.74 Å². The van der Waals surface area contributed by atoms with Crippen molar-refractivity contribution >= 4 is 30.2 Å². The first kappa shape index (κ1) is 27.0. The molecule has 0 N–H and O–H groups in total. The second-order valence-corrected chi connectivity index (χ2v) is 15.7. The number of esters is 1. The number of hydrogen-bond acceptors (Lipinski definition) is 6. The zero-order valence-corrected chi connectivity index (χ0v) is 23.3. The molecule has 1 aliphatic rings. The average molecular weight is 529 g/mol. The summed E-state index contributed by atoms with van der Waals surface area (Å²) >= 11 is 3.51. The van der Waals surface area contributed by atoms with Crippen molar-refractivity contribution in [3.8, 4) is 5.75 Å². The van der Waals surface area contributed by atoms with E-state index in [-0.39, 0.29) is 11.1 Å². The van der Waals surface area contributed by atoms with Crippen molar-refractivity contribution in [2.45, 2.75) is 77.8 Å². The molecule has 2 rings (SSSR count). The van der Waals surface area contributed by atoms with Crippen LogP contribution in [0.25, 0.3) is 0 Å². The van der Waals surface area contributed by atoms with Crippen molar-refractivity contribution in [2.24, 2.45) is 5.41 Å². The zero-order valence-electron chi connectivity index (χ0n) is 20.7. The van der Waals surface area contributed by atoms with Crippen LogP contribution in [0.1, 0.15) is 57.9 Å². The van der Waals surface area contributed by atoms with Gasteiger partial charge in [0.25, 0.3) is 0 Å². The van der Waals surface area contributed by atoms with E-state index < -0.39 is 25.8 Å². The molecule has 0 bridgehead atoms. The van der Waals surface area contributed by atoms with Crippen LogP contribution >= 0.6 is 15.9 Å². The molecule has 32 heavy (non-hydrogen) atoms. The van der Waals surface area contributed by atoms with Crippen LogP contribution in [0.4, 0.5) is 0 Å². The molecule has 8 heteroatoms. The first-order valence-electron chi connectivity index (χ1n) is 11.1. The Morgan fingerprint density at radius 3 is 2.66 bits per heavy atom. The van der Waals surface area contributed by atoms with Crippen LogP contribution in [0.15, 0.2) is 23.3 Å². The minimum absolute atomic E-state index is 0.0708. The molecule has 0 aromatic carbocycles. The zero-order chi connectivity index (χ0) is 24.3. The van der Waals surface area contributed by atoms with E-state index in [1.165, 1.54) is 6.92 Å². The molecule has 0 saturated carbocycles. The third kappa shape index (κ3) is 5.46. The maximum Gasteiger partial charge on any atom is 0.303 e. The molecule has 2 heterocycles. The van der Waals surface area contributed by atoms with Gasteiger partial charge in [0.15, 0.2) is 14.4 Å². The van der Waals surface area contributed by atoms with Gasteiger partial charge >= 0.3 is 5.97 Å². The van der Waals surface area contributed by atoms with Gasteiger partial charge in [-0.05, 0) is 53.8 Å². The maximum absolute atomic E-state index is 12.2. The molecule has 0 amide bonds. The predicted molar refractivity (Wildman–Crippen MR) is 132 cm³/mol. The molecule has 1 aromatic rings. The molecule has 1 saturated heterocycles. The summed E-state index contributed by atoms with van der Waals surface area (Å²) in [5.41, 5.74) is 0.748. The molecule has 1 aliphatic heterocycles. The standard InChI is InChI=1S/C24H38BrNO5Si/c1-10-24(12-11-13-29-19(24)15-30-32(8,9)23(4,5)6)22(31-17(3)27)20-21(28-7)16(2)18(25)14-26-20/h10,14,19,22H,1,11-13,15H2,2-9H3. The number of hydrogen-bond donors (Lipinski definition) is 0. The summed E-state index contributed by atoms with van der Waals surface area (Å²) in [4.78, 5) is 16.9. The number of aromatic nitrogens is 1. The second kappa shape index (κ2) is 10.4. The highest BCUT2D eigenvalue weighted by Crippen LogP contribution is 2.51. The number of halogens is 1. The topological polar surface area (TPSA) is 66.9 Å². The Bertz CT molecular complexity index is 838. The molecule has 1 fully saturated rings. The fourth-order valence-electron chi connectivity index (χ4n) is 3.88. The summed E-state index contributed by atoms with van der Waals surface area (Å²) in [7, 11) is -0.415. The van der Waals surface area contributed by atoms with Crippen molar-refractivity contribution in [2.75, 3.05) is 20.3 Å². The van der Waals surface area contributed by atoms with E-state index in [1.54, 1.807) is 13.3 Å². The smallest absolute Gasteiger partial charge is 0.303 e. The lowest BCUT2D eigenvalue weighted by atomic mass is 9.70. The molecule has 0 aliphatic carbocycles. The summed E-state index contributed by atoms with van der Waals surface area (Å²) in [6.07, 6.45) is 4.08.